The maximum absolute atomic E-state index is 4.31. The van der Waals surface area contributed by atoms with Crippen molar-refractivity contribution in [2.75, 3.05) is 0 Å². The third-order valence-electron chi connectivity index (χ3n) is 2.77. The summed E-state index contributed by atoms with van der Waals surface area (Å²) >= 11 is 1.66. The summed E-state index contributed by atoms with van der Waals surface area (Å²) in [6.07, 6.45) is 1.22. The third kappa shape index (κ3) is 4.62. The average molecular weight is 240 g/mol. The summed E-state index contributed by atoms with van der Waals surface area (Å²) in [4.78, 5) is 4.31. The number of rotatable bonds is 5. The van der Waals surface area contributed by atoms with Crippen LogP contribution in [0.3, 0.4) is 0 Å². The zero-order valence-corrected chi connectivity index (χ0v) is 11.9. The molecule has 0 radical (unpaired) electrons. The van der Waals surface area contributed by atoms with E-state index in [1.54, 1.807) is 11.3 Å². The second-order valence-corrected chi connectivity index (χ2v) is 6.63. The Bertz CT molecular complexity index is 285. The zero-order chi connectivity index (χ0) is 12.2. The SMILES string of the molecule is CC(C)CC(NCc1cscn1)C(C)(C)C. The van der Waals surface area contributed by atoms with Gasteiger partial charge in [0.15, 0.2) is 0 Å². The van der Waals surface area contributed by atoms with Gasteiger partial charge in [0.2, 0.25) is 0 Å². The largest absolute Gasteiger partial charge is 0.308 e. The third-order valence-corrected chi connectivity index (χ3v) is 3.40. The van der Waals surface area contributed by atoms with E-state index in [9.17, 15) is 0 Å². The van der Waals surface area contributed by atoms with Gasteiger partial charge in [-0.1, -0.05) is 34.6 Å². The molecule has 2 nitrogen and oxygen atoms in total. The van der Waals surface area contributed by atoms with E-state index in [1.807, 2.05) is 5.51 Å². The fourth-order valence-corrected chi connectivity index (χ4v) is 2.33. The summed E-state index contributed by atoms with van der Waals surface area (Å²) in [7, 11) is 0. The molecule has 1 aromatic rings. The summed E-state index contributed by atoms with van der Waals surface area (Å²) in [6, 6.07) is 0.550. The Morgan fingerprint density at radius 3 is 2.50 bits per heavy atom. The Kier molecular flexibility index (Phi) is 4.93. The van der Waals surface area contributed by atoms with Gasteiger partial charge in [-0.05, 0) is 17.8 Å². The van der Waals surface area contributed by atoms with Gasteiger partial charge >= 0.3 is 0 Å². The molecule has 0 aromatic carbocycles. The van der Waals surface area contributed by atoms with E-state index in [0.29, 0.717) is 11.5 Å². The fourth-order valence-electron chi connectivity index (χ4n) is 1.77. The molecule has 1 heterocycles. The quantitative estimate of drug-likeness (QED) is 0.849. The molecule has 16 heavy (non-hydrogen) atoms. The predicted octanol–water partition coefficient (Wildman–Crippen LogP) is 3.69. The average Bonchev–Trinajstić information content (AvgIpc) is 2.62. The van der Waals surface area contributed by atoms with Crippen LogP contribution in [0, 0.1) is 11.3 Å². The number of nitrogens with one attached hydrogen (secondary N) is 1. The number of hydrogen-bond acceptors (Lipinski definition) is 3. The summed E-state index contributed by atoms with van der Waals surface area (Å²) in [6.45, 7) is 12.3. The molecule has 1 N–H and O–H groups in total. The second kappa shape index (κ2) is 5.78. The molecule has 1 atom stereocenters. The molecule has 1 rings (SSSR count). The van der Waals surface area contributed by atoms with E-state index in [2.05, 4.69) is 50.3 Å². The molecule has 1 aromatic heterocycles. The first-order valence-electron chi connectivity index (χ1n) is 6.00. The van der Waals surface area contributed by atoms with Gasteiger partial charge in [0, 0.05) is 18.0 Å². The lowest BCUT2D eigenvalue weighted by Crippen LogP contribution is -2.40. The first-order valence-corrected chi connectivity index (χ1v) is 6.94. The maximum atomic E-state index is 4.31. The van der Waals surface area contributed by atoms with E-state index < -0.39 is 0 Å². The van der Waals surface area contributed by atoms with Crippen molar-refractivity contribution in [3.05, 3.63) is 16.6 Å². The predicted molar refractivity (Wildman–Crippen MR) is 71.7 cm³/mol. The highest BCUT2D eigenvalue weighted by molar-refractivity contribution is 7.07. The normalized spacial score (nSPS) is 14.4. The molecule has 0 spiro atoms. The topological polar surface area (TPSA) is 24.9 Å². The van der Waals surface area contributed by atoms with Crippen molar-refractivity contribution < 1.29 is 0 Å². The minimum atomic E-state index is 0.306. The van der Waals surface area contributed by atoms with Crippen LogP contribution in [0.4, 0.5) is 0 Å². The van der Waals surface area contributed by atoms with E-state index in [1.165, 1.54) is 6.42 Å². The molecule has 0 aliphatic heterocycles. The van der Waals surface area contributed by atoms with E-state index in [-0.39, 0.29) is 0 Å². The van der Waals surface area contributed by atoms with Crippen LogP contribution in [0.15, 0.2) is 10.9 Å². The first-order chi connectivity index (χ1) is 7.39. The van der Waals surface area contributed by atoms with Crippen molar-refractivity contribution in [2.45, 2.75) is 53.6 Å². The Morgan fingerprint density at radius 2 is 2.06 bits per heavy atom. The van der Waals surface area contributed by atoms with Gasteiger partial charge in [0.1, 0.15) is 0 Å². The van der Waals surface area contributed by atoms with Gasteiger partial charge < -0.3 is 5.32 Å². The van der Waals surface area contributed by atoms with Crippen molar-refractivity contribution >= 4 is 11.3 Å². The van der Waals surface area contributed by atoms with Crippen LogP contribution >= 0.6 is 11.3 Å². The van der Waals surface area contributed by atoms with Gasteiger partial charge in [0.05, 0.1) is 11.2 Å². The fraction of sp³-hybridized carbons (Fsp3) is 0.769. The summed E-state index contributed by atoms with van der Waals surface area (Å²) in [5.41, 5.74) is 3.36. The highest BCUT2D eigenvalue weighted by Gasteiger charge is 2.24. The lowest BCUT2D eigenvalue weighted by atomic mass is 9.82. The molecule has 0 aliphatic rings. The molecule has 92 valence electrons. The molecule has 1 unspecified atom stereocenters. The standard InChI is InChI=1S/C13H24N2S/c1-10(2)6-12(13(3,4)5)14-7-11-8-16-9-15-11/h8-10,12,14H,6-7H2,1-5H3. The van der Waals surface area contributed by atoms with Crippen molar-refractivity contribution in [1.82, 2.24) is 10.3 Å². The van der Waals surface area contributed by atoms with Crippen LogP contribution in [0.1, 0.15) is 46.7 Å². The van der Waals surface area contributed by atoms with Gasteiger partial charge in [-0.3, -0.25) is 0 Å². The second-order valence-electron chi connectivity index (χ2n) is 5.91. The molecule has 0 saturated carbocycles. The Balaban J connectivity index is 2.50. The molecule has 0 amide bonds. The lowest BCUT2D eigenvalue weighted by Gasteiger charge is -2.33. The number of aromatic nitrogens is 1. The van der Waals surface area contributed by atoms with Crippen LogP contribution < -0.4 is 5.32 Å². The summed E-state index contributed by atoms with van der Waals surface area (Å²) in [5.74, 6) is 0.729. The zero-order valence-electron chi connectivity index (χ0n) is 11.1. The van der Waals surface area contributed by atoms with Crippen LogP contribution in [0.5, 0.6) is 0 Å². The Hall–Kier alpha value is -0.410. The van der Waals surface area contributed by atoms with Crippen molar-refractivity contribution in [3.8, 4) is 0 Å². The number of hydrogen-bond donors (Lipinski definition) is 1. The van der Waals surface area contributed by atoms with E-state index >= 15 is 0 Å². The Morgan fingerprint density at radius 1 is 1.38 bits per heavy atom. The van der Waals surface area contributed by atoms with Crippen molar-refractivity contribution in [3.63, 3.8) is 0 Å². The molecular formula is C13H24N2S. The van der Waals surface area contributed by atoms with Crippen molar-refractivity contribution in [2.24, 2.45) is 11.3 Å². The van der Waals surface area contributed by atoms with Crippen LogP contribution in [-0.4, -0.2) is 11.0 Å². The number of thiazole rings is 1. The molecule has 0 fully saturated rings. The van der Waals surface area contributed by atoms with Crippen LogP contribution in [0.25, 0.3) is 0 Å². The molecule has 0 aliphatic carbocycles. The van der Waals surface area contributed by atoms with Gasteiger partial charge in [0.25, 0.3) is 0 Å². The van der Waals surface area contributed by atoms with Crippen LogP contribution in [0.2, 0.25) is 0 Å². The summed E-state index contributed by atoms with van der Waals surface area (Å²) < 4.78 is 0. The maximum Gasteiger partial charge on any atom is 0.0795 e. The van der Waals surface area contributed by atoms with E-state index in [4.69, 9.17) is 0 Å². The monoisotopic (exact) mass is 240 g/mol. The molecule has 0 saturated heterocycles. The van der Waals surface area contributed by atoms with Crippen molar-refractivity contribution in [1.29, 1.82) is 0 Å². The molecule has 3 heteroatoms. The minimum absolute atomic E-state index is 0.306. The van der Waals surface area contributed by atoms with Gasteiger partial charge in [-0.2, -0.15) is 0 Å². The highest BCUT2D eigenvalue weighted by atomic mass is 32.1. The Labute approximate surface area is 103 Å². The van der Waals surface area contributed by atoms with Gasteiger partial charge in [-0.25, -0.2) is 4.98 Å². The smallest absolute Gasteiger partial charge is 0.0795 e. The highest BCUT2D eigenvalue weighted by Crippen LogP contribution is 2.24. The molecular weight excluding hydrogens is 216 g/mol. The first kappa shape index (κ1) is 13.7. The minimum Gasteiger partial charge on any atom is -0.308 e. The van der Waals surface area contributed by atoms with E-state index in [0.717, 1.165) is 18.2 Å². The van der Waals surface area contributed by atoms with Crippen LogP contribution in [-0.2, 0) is 6.54 Å². The summed E-state index contributed by atoms with van der Waals surface area (Å²) in [5, 5.41) is 5.75. The number of nitrogens with zero attached hydrogens (tertiary/aromatic N) is 1. The molecule has 0 bridgehead atoms. The lowest BCUT2D eigenvalue weighted by molar-refractivity contribution is 0.232. The van der Waals surface area contributed by atoms with Gasteiger partial charge in [-0.15, -0.1) is 11.3 Å².